The Morgan fingerprint density at radius 3 is 2.50 bits per heavy atom. The van der Waals surface area contributed by atoms with E-state index in [4.69, 9.17) is 0 Å². The summed E-state index contributed by atoms with van der Waals surface area (Å²) in [5.74, 6) is 0. The molecular weight excluding hydrogens is 214 g/mol. The fraction of sp³-hybridized carbons (Fsp3) is 0.714. The van der Waals surface area contributed by atoms with Crippen LogP contribution in [0, 0.1) is 0 Å². The molecule has 0 aliphatic heterocycles. The molecule has 0 N–H and O–H groups in total. The van der Waals surface area contributed by atoms with Crippen molar-refractivity contribution in [2.45, 2.75) is 57.9 Å². The lowest BCUT2D eigenvalue weighted by atomic mass is 9.78. The minimum Gasteiger partial charge on any atom is -0.358 e. The quantitative estimate of drug-likeness (QED) is 0.734. The molecule has 90 valence electrons. The van der Waals surface area contributed by atoms with Crippen LogP contribution >= 0.6 is 11.3 Å². The smallest absolute Gasteiger partial charge is 0.0912 e. The maximum Gasteiger partial charge on any atom is 0.0912 e. The molecule has 0 spiro atoms. The van der Waals surface area contributed by atoms with Crippen molar-refractivity contribution in [3.8, 4) is 0 Å². The highest BCUT2D eigenvalue weighted by molar-refractivity contribution is 7.14. The molecule has 0 aromatic carbocycles. The third-order valence-corrected chi connectivity index (χ3v) is 4.99. The monoisotopic (exact) mass is 237 g/mol. The van der Waals surface area contributed by atoms with Gasteiger partial charge in [-0.1, -0.05) is 26.2 Å². The maximum absolute atomic E-state index is 2.66. The highest BCUT2D eigenvalue weighted by Gasteiger charge is 2.35. The summed E-state index contributed by atoms with van der Waals surface area (Å²) in [6, 6.07) is 4.45. The third-order valence-electron chi connectivity index (χ3n) is 4.10. The Hall–Kier alpha value is -0.500. The zero-order valence-corrected chi connectivity index (χ0v) is 11.4. The van der Waals surface area contributed by atoms with Crippen LogP contribution in [0.15, 0.2) is 17.5 Å². The molecule has 1 aromatic rings. The highest BCUT2D eigenvalue weighted by Crippen LogP contribution is 2.40. The van der Waals surface area contributed by atoms with E-state index in [9.17, 15) is 0 Å². The molecule has 1 heterocycles. The van der Waals surface area contributed by atoms with Crippen LogP contribution in [0.3, 0.4) is 0 Å². The molecular formula is C14H23NS. The molecule has 1 aliphatic carbocycles. The van der Waals surface area contributed by atoms with Crippen LogP contribution in [-0.4, -0.2) is 12.1 Å². The van der Waals surface area contributed by atoms with Gasteiger partial charge in [-0.15, -0.1) is 11.3 Å². The van der Waals surface area contributed by atoms with Crippen LogP contribution in [0.4, 0.5) is 5.00 Å². The van der Waals surface area contributed by atoms with Crippen molar-refractivity contribution >= 4 is 16.3 Å². The van der Waals surface area contributed by atoms with Crippen LogP contribution in [0.2, 0.25) is 0 Å². The van der Waals surface area contributed by atoms with E-state index in [-0.39, 0.29) is 0 Å². The number of hydrogen-bond donors (Lipinski definition) is 0. The summed E-state index contributed by atoms with van der Waals surface area (Å²) in [6.45, 7) is 5.81. The molecule has 2 rings (SSSR count). The second-order valence-electron chi connectivity index (χ2n) is 4.83. The average molecular weight is 237 g/mol. The van der Waals surface area contributed by atoms with Crippen molar-refractivity contribution in [2.24, 2.45) is 0 Å². The van der Waals surface area contributed by atoms with Crippen molar-refractivity contribution in [3.63, 3.8) is 0 Å². The first-order chi connectivity index (χ1) is 7.82. The van der Waals surface area contributed by atoms with E-state index in [0.29, 0.717) is 5.54 Å². The molecule has 0 atom stereocenters. The predicted octanol–water partition coefficient (Wildman–Crippen LogP) is 4.69. The molecule has 0 bridgehead atoms. The molecule has 1 saturated carbocycles. The second-order valence-corrected chi connectivity index (χ2v) is 5.76. The first-order valence-electron chi connectivity index (χ1n) is 6.63. The van der Waals surface area contributed by atoms with Gasteiger partial charge in [0.15, 0.2) is 0 Å². The Kier molecular flexibility index (Phi) is 3.91. The van der Waals surface area contributed by atoms with E-state index in [0.717, 1.165) is 6.54 Å². The van der Waals surface area contributed by atoms with Gasteiger partial charge in [0.1, 0.15) is 0 Å². The van der Waals surface area contributed by atoms with E-state index in [1.54, 1.807) is 0 Å². The lowest BCUT2D eigenvalue weighted by Gasteiger charge is -2.46. The topological polar surface area (TPSA) is 3.24 Å². The summed E-state index contributed by atoms with van der Waals surface area (Å²) in [6.07, 6.45) is 8.32. The molecule has 0 amide bonds. The summed E-state index contributed by atoms with van der Waals surface area (Å²) in [7, 11) is 0. The van der Waals surface area contributed by atoms with Gasteiger partial charge in [0.25, 0.3) is 0 Å². The normalized spacial score (nSPS) is 19.6. The van der Waals surface area contributed by atoms with Gasteiger partial charge in [0.2, 0.25) is 0 Å². The number of thiophene rings is 1. The SMILES string of the molecule is CCN(c1cccs1)C1(CC)CCCCC1. The zero-order chi connectivity index (χ0) is 11.4. The summed E-state index contributed by atoms with van der Waals surface area (Å²) in [5, 5.41) is 3.66. The van der Waals surface area contributed by atoms with E-state index >= 15 is 0 Å². The molecule has 1 nitrogen and oxygen atoms in total. The van der Waals surface area contributed by atoms with E-state index in [1.165, 1.54) is 43.5 Å². The molecule has 0 radical (unpaired) electrons. The third kappa shape index (κ3) is 2.13. The molecule has 16 heavy (non-hydrogen) atoms. The second kappa shape index (κ2) is 5.22. The molecule has 2 heteroatoms. The number of anilines is 1. The van der Waals surface area contributed by atoms with Gasteiger partial charge in [-0.05, 0) is 43.7 Å². The molecule has 1 aliphatic rings. The Morgan fingerprint density at radius 1 is 1.25 bits per heavy atom. The van der Waals surface area contributed by atoms with Crippen LogP contribution in [0.1, 0.15) is 52.4 Å². The summed E-state index contributed by atoms with van der Waals surface area (Å²) < 4.78 is 0. The Balaban J connectivity index is 2.23. The lowest BCUT2D eigenvalue weighted by molar-refractivity contribution is 0.268. The Labute approximate surface area is 103 Å². The number of rotatable bonds is 4. The standard InChI is InChI=1S/C14H23NS/c1-3-14(10-6-5-7-11-14)15(4-2)13-9-8-12-16-13/h8-9,12H,3-7,10-11H2,1-2H3. The van der Waals surface area contributed by atoms with Crippen molar-refractivity contribution in [1.29, 1.82) is 0 Å². The van der Waals surface area contributed by atoms with Crippen LogP contribution in [-0.2, 0) is 0 Å². The minimum absolute atomic E-state index is 0.456. The van der Waals surface area contributed by atoms with E-state index < -0.39 is 0 Å². The highest BCUT2D eigenvalue weighted by atomic mass is 32.1. The summed E-state index contributed by atoms with van der Waals surface area (Å²) in [4.78, 5) is 2.66. The fourth-order valence-corrected chi connectivity index (χ4v) is 4.08. The van der Waals surface area contributed by atoms with Crippen molar-refractivity contribution < 1.29 is 0 Å². The molecule has 0 saturated heterocycles. The van der Waals surface area contributed by atoms with Crippen LogP contribution < -0.4 is 4.90 Å². The van der Waals surface area contributed by atoms with Crippen LogP contribution in [0.25, 0.3) is 0 Å². The van der Waals surface area contributed by atoms with Crippen molar-refractivity contribution in [3.05, 3.63) is 17.5 Å². The first-order valence-corrected chi connectivity index (χ1v) is 7.51. The lowest BCUT2D eigenvalue weighted by Crippen LogP contribution is -2.49. The summed E-state index contributed by atoms with van der Waals surface area (Å²) in [5.41, 5.74) is 0.456. The van der Waals surface area contributed by atoms with E-state index in [1.807, 2.05) is 11.3 Å². The Bertz CT molecular complexity index is 299. The molecule has 1 fully saturated rings. The molecule has 1 aromatic heterocycles. The maximum atomic E-state index is 2.66. The van der Waals surface area contributed by atoms with E-state index in [2.05, 4.69) is 36.3 Å². The van der Waals surface area contributed by atoms with Gasteiger partial charge in [-0.3, -0.25) is 0 Å². The van der Waals surface area contributed by atoms with Gasteiger partial charge in [0.05, 0.1) is 5.00 Å². The minimum atomic E-state index is 0.456. The van der Waals surface area contributed by atoms with Gasteiger partial charge in [0, 0.05) is 12.1 Å². The molecule has 0 unspecified atom stereocenters. The predicted molar refractivity (Wildman–Crippen MR) is 73.4 cm³/mol. The number of nitrogens with zero attached hydrogens (tertiary/aromatic N) is 1. The van der Waals surface area contributed by atoms with Crippen molar-refractivity contribution in [1.82, 2.24) is 0 Å². The van der Waals surface area contributed by atoms with Gasteiger partial charge < -0.3 is 4.90 Å². The van der Waals surface area contributed by atoms with Gasteiger partial charge in [-0.2, -0.15) is 0 Å². The van der Waals surface area contributed by atoms with Crippen molar-refractivity contribution in [2.75, 3.05) is 11.4 Å². The van der Waals surface area contributed by atoms with Gasteiger partial charge >= 0.3 is 0 Å². The number of hydrogen-bond acceptors (Lipinski definition) is 2. The first kappa shape index (κ1) is 12.0. The summed E-state index contributed by atoms with van der Waals surface area (Å²) >= 11 is 1.89. The zero-order valence-electron chi connectivity index (χ0n) is 10.5. The average Bonchev–Trinajstić information content (AvgIpc) is 2.85. The Morgan fingerprint density at radius 2 is 2.00 bits per heavy atom. The largest absolute Gasteiger partial charge is 0.358 e. The van der Waals surface area contributed by atoms with Crippen LogP contribution in [0.5, 0.6) is 0 Å². The van der Waals surface area contributed by atoms with Gasteiger partial charge in [-0.25, -0.2) is 0 Å². The fourth-order valence-electron chi connectivity index (χ4n) is 3.17.